The Balaban J connectivity index is 1.76. The Kier molecular flexibility index (Phi) is 4.13. The van der Waals surface area contributed by atoms with Crippen molar-refractivity contribution < 1.29 is 0 Å². The molecular formula is C23H19N3O. The Hall–Kier alpha value is -3.58. The van der Waals surface area contributed by atoms with E-state index in [1.54, 1.807) is 0 Å². The molecule has 0 saturated heterocycles. The molecule has 0 radical (unpaired) electrons. The Morgan fingerprint density at radius 3 is 2.56 bits per heavy atom. The van der Waals surface area contributed by atoms with Crippen LogP contribution in [-0.2, 0) is 6.54 Å². The molecule has 0 saturated carbocycles. The van der Waals surface area contributed by atoms with E-state index in [0.29, 0.717) is 5.56 Å². The number of nitriles is 1. The average Bonchev–Trinajstić information content (AvgIpc) is 3.05. The number of aryl methyl sites for hydroxylation is 2. The first-order valence-electron chi connectivity index (χ1n) is 8.84. The van der Waals surface area contributed by atoms with Crippen LogP contribution in [0.15, 0.2) is 65.6 Å². The molecule has 0 fully saturated rings. The van der Waals surface area contributed by atoms with Crippen molar-refractivity contribution in [3.05, 3.63) is 93.5 Å². The van der Waals surface area contributed by atoms with Crippen molar-refractivity contribution in [1.29, 1.82) is 5.26 Å². The lowest BCUT2D eigenvalue weighted by Gasteiger charge is -2.08. The highest BCUT2D eigenvalue weighted by Crippen LogP contribution is 2.27. The predicted octanol–water partition coefficient (Wildman–Crippen LogP) is 4.53. The number of nitrogens with one attached hydrogen (secondary N) is 1. The zero-order valence-corrected chi connectivity index (χ0v) is 15.3. The van der Waals surface area contributed by atoms with E-state index in [1.807, 2.05) is 31.2 Å². The van der Waals surface area contributed by atoms with Crippen molar-refractivity contribution in [2.24, 2.45) is 0 Å². The van der Waals surface area contributed by atoms with Gasteiger partial charge in [0, 0.05) is 34.9 Å². The minimum absolute atomic E-state index is 0.152. The van der Waals surface area contributed by atoms with E-state index in [2.05, 4.69) is 59.1 Å². The molecule has 4 heteroatoms. The lowest BCUT2D eigenvalue weighted by molar-refractivity contribution is 0.836. The molecule has 0 unspecified atom stereocenters. The summed E-state index contributed by atoms with van der Waals surface area (Å²) >= 11 is 0. The maximum atomic E-state index is 12.1. The Morgan fingerprint density at radius 2 is 1.81 bits per heavy atom. The van der Waals surface area contributed by atoms with Crippen molar-refractivity contribution in [2.75, 3.05) is 0 Å². The van der Waals surface area contributed by atoms with Gasteiger partial charge in [0.05, 0.1) is 0 Å². The van der Waals surface area contributed by atoms with Gasteiger partial charge < -0.3 is 9.55 Å². The van der Waals surface area contributed by atoms with Crippen LogP contribution in [0.4, 0.5) is 0 Å². The fourth-order valence-electron chi connectivity index (χ4n) is 3.42. The Bertz CT molecular complexity index is 1240. The molecule has 0 bridgehead atoms. The van der Waals surface area contributed by atoms with E-state index in [4.69, 9.17) is 0 Å². The number of aromatic nitrogens is 2. The molecule has 1 N–H and O–H groups in total. The van der Waals surface area contributed by atoms with Crippen LogP contribution in [0, 0.1) is 25.2 Å². The smallest absolute Gasteiger partial charge is 0.266 e. The van der Waals surface area contributed by atoms with Gasteiger partial charge in [-0.05, 0) is 49.2 Å². The van der Waals surface area contributed by atoms with Gasteiger partial charge >= 0.3 is 0 Å². The zero-order chi connectivity index (χ0) is 19.0. The van der Waals surface area contributed by atoms with Crippen LogP contribution in [0.5, 0.6) is 0 Å². The predicted molar refractivity (Wildman–Crippen MR) is 108 cm³/mol. The molecule has 0 amide bonds. The minimum atomic E-state index is -0.343. The van der Waals surface area contributed by atoms with Gasteiger partial charge in [-0.2, -0.15) is 5.26 Å². The van der Waals surface area contributed by atoms with Crippen LogP contribution >= 0.6 is 0 Å². The molecule has 0 aliphatic carbocycles. The van der Waals surface area contributed by atoms with E-state index in [9.17, 15) is 10.1 Å². The monoisotopic (exact) mass is 353 g/mol. The maximum Gasteiger partial charge on any atom is 0.266 e. The van der Waals surface area contributed by atoms with E-state index >= 15 is 0 Å². The van der Waals surface area contributed by atoms with Crippen LogP contribution in [0.2, 0.25) is 0 Å². The SMILES string of the molecule is Cc1ccc(Cn2ccc3cc(-c4cc(C)[nH]c(=O)c4C#N)ccc32)cc1. The molecular weight excluding hydrogens is 334 g/mol. The van der Waals surface area contributed by atoms with E-state index in [1.165, 1.54) is 11.1 Å². The fourth-order valence-corrected chi connectivity index (χ4v) is 3.42. The standard InChI is InChI=1S/C23H19N3O/c1-15-3-5-17(6-4-15)14-26-10-9-19-12-18(7-8-22(19)26)20-11-16(2)25-23(27)21(20)13-24/h3-12H,14H2,1-2H3,(H,25,27). The summed E-state index contributed by atoms with van der Waals surface area (Å²) in [5.41, 5.74) is 5.73. The normalized spacial score (nSPS) is 10.9. The van der Waals surface area contributed by atoms with Gasteiger partial charge in [0.15, 0.2) is 0 Å². The lowest BCUT2D eigenvalue weighted by atomic mass is 10.00. The maximum absolute atomic E-state index is 12.1. The second-order valence-corrected chi connectivity index (χ2v) is 6.88. The van der Waals surface area contributed by atoms with Crippen molar-refractivity contribution in [3.63, 3.8) is 0 Å². The summed E-state index contributed by atoms with van der Waals surface area (Å²) in [5, 5.41) is 10.5. The summed E-state index contributed by atoms with van der Waals surface area (Å²) in [6.45, 7) is 4.71. The Labute approximate surface area is 157 Å². The summed E-state index contributed by atoms with van der Waals surface area (Å²) in [6.07, 6.45) is 2.07. The summed E-state index contributed by atoms with van der Waals surface area (Å²) in [4.78, 5) is 14.8. The zero-order valence-electron chi connectivity index (χ0n) is 15.3. The molecule has 2 aromatic heterocycles. The first-order chi connectivity index (χ1) is 13.0. The third kappa shape index (κ3) is 3.16. The Morgan fingerprint density at radius 1 is 1.04 bits per heavy atom. The van der Waals surface area contributed by atoms with Crippen LogP contribution in [0.25, 0.3) is 22.0 Å². The number of hydrogen-bond donors (Lipinski definition) is 1. The molecule has 4 rings (SSSR count). The molecule has 27 heavy (non-hydrogen) atoms. The van der Waals surface area contributed by atoms with Gasteiger partial charge in [-0.3, -0.25) is 4.79 Å². The highest BCUT2D eigenvalue weighted by atomic mass is 16.1. The molecule has 2 aromatic carbocycles. The second kappa shape index (κ2) is 6.62. The number of fused-ring (bicyclic) bond motifs is 1. The molecule has 0 atom stereocenters. The van der Waals surface area contributed by atoms with Crippen LogP contribution < -0.4 is 5.56 Å². The first-order valence-corrected chi connectivity index (χ1v) is 8.84. The molecule has 4 nitrogen and oxygen atoms in total. The van der Waals surface area contributed by atoms with Crippen molar-refractivity contribution in [3.8, 4) is 17.2 Å². The largest absolute Gasteiger partial charge is 0.343 e. The molecule has 132 valence electrons. The highest BCUT2D eigenvalue weighted by Gasteiger charge is 2.11. The quantitative estimate of drug-likeness (QED) is 0.588. The molecule has 0 aliphatic rings. The topological polar surface area (TPSA) is 61.6 Å². The number of pyridine rings is 1. The molecule has 4 aromatic rings. The van der Waals surface area contributed by atoms with E-state index in [0.717, 1.165) is 28.7 Å². The number of hydrogen-bond acceptors (Lipinski definition) is 2. The number of benzene rings is 2. The highest BCUT2D eigenvalue weighted by molar-refractivity contribution is 5.86. The number of rotatable bonds is 3. The number of aromatic amines is 1. The summed E-state index contributed by atoms with van der Waals surface area (Å²) in [6, 6.07) is 20.6. The van der Waals surface area contributed by atoms with Gasteiger partial charge in [0.2, 0.25) is 0 Å². The van der Waals surface area contributed by atoms with E-state index in [-0.39, 0.29) is 11.1 Å². The average molecular weight is 353 g/mol. The van der Waals surface area contributed by atoms with Gasteiger partial charge in [-0.15, -0.1) is 0 Å². The van der Waals surface area contributed by atoms with Crippen molar-refractivity contribution >= 4 is 10.9 Å². The van der Waals surface area contributed by atoms with Crippen molar-refractivity contribution in [2.45, 2.75) is 20.4 Å². The third-order valence-electron chi connectivity index (χ3n) is 4.84. The van der Waals surface area contributed by atoms with Crippen LogP contribution in [0.1, 0.15) is 22.4 Å². The summed E-state index contributed by atoms with van der Waals surface area (Å²) in [7, 11) is 0. The van der Waals surface area contributed by atoms with Gasteiger partial charge in [-0.25, -0.2) is 0 Å². The molecule has 2 heterocycles. The van der Waals surface area contributed by atoms with Gasteiger partial charge in [-0.1, -0.05) is 35.9 Å². The number of nitrogens with zero attached hydrogens (tertiary/aromatic N) is 2. The van der Waals surface area contributed by atoms with Crippen molar-refractivity contribution in [1.82, 2.24) is 9.55 Å². The molecule has 0 spiro atoms. The number of H-pyrrole nitrogens is 1. The lowest BCUT2D eigenvalue weighted by Crippen LogP contribution is -2.12. The minimum Gasteiger partial charge on any atom is -0.343 e. The van der Waals surface area contributed by atoms with Gasteiger partial charge in [0.25, 0.3) is 5.56 Å². The second-order valence-electron chi connectivity index (χ2n) is 6.88. The molecule has 0 aliphatic heterocycles. The van der Waals surface area contributed by atoms with Crippen LogP contribution in [-0.4, -0.2) is 9.55 Å². The van der Waals surface area contributed by atoms with Gasteiger partial charge in [0.1, 0.15) is 11.6 Å². The van der Waals surface area contributed by atoms with E-state index < -0.39 is 0 Å². The summed E-state index contributed by atoms with van der Waals surface area (Å²) < 4.78 is 2.21. The first kappa shape index (κ1) is 16.9. The van der Waals surface area contributed by atoms with Crippen LogP contribution in [0.3, 0.4) is 0 Å². The fraction of sp³-hybridized carbons (Fsp3) is 0.130. The summed E-state index contributed by atoms with van der Waals surface area (Å²) in [5.74, 6) is 0. The third-order valence-corrected chi connectivity index (χ3v) is 4.84.